The molecule has 126 valence electrons. The van der Waals surface area contributed by atoms with Crippen molar-refractivity contribution in [2.75, 3.05) is 18.4 Å². The summed E-state index contributed by atoms with van der Waals surface area (Å²) in [5.41, 5.74) is 3.21. The molecule has 0 aliphatic carbocycles. The maximum atomic E-state index is 12.6. The number of nitrogens with zero attached hydrogens (tertiary/aromatic N) is 2. The fourth-order valence-electron chi connectivity index (χ4n) is 2.89. The first kappa shape index (κ1) is 16.2. The molecular formula is C17H19N3O4. The van der Waals surface area contributed by atoms with Gasteiger partial charge in [0.2, 0.25) is 5.91 Å². The average molecular weight is 329 g/mol. The SMILES string of the molecule is CC(=O)ON=C1CCN(C(=O)c2ccc3c(c2)CCC(=O)N3)CC1. The Kier molecular flexibility index (Phi) is 4.59. The topological polar surface area (TPSA) is 88.1 Å². The Bertz CT molecular complexity index is 717. The van der Waals surface area contributed by atoms with Crippen molar-refractivity contribution >= 4 is 29.2 Å². The Morgan fingerprint density at radius 1 is 1.17 bits per heavy atom. The predicted octanol–water partition coefficient (Wildman–Crippen LogP) is 1.73. The molecule has 3 rings (SSSR count). The van der Waals surface area contributed by atoms with Crippen molar-refractivity contribution in [3.05, 3.63) is 29.3 Å². The van der Waals surface area contributed by atoms with E-state index in [1.807, 2.05) is 6.07 Å². The van der Waals surface area contributed by atoms with Crippen LogP contribution in [0.5, 0.6) is 0 Å². The molecule has 0 radical (unpaired) electrons. The molecule has 0 unspecified atom stereocenters. The molecule has 1 saturated heterocycles. The average Bonchev–Trinajstić information content (AvgIpc) is 2.59. The van der Waals surface area contributed by atoms with Gasteiger partial charge in [0.1, 0.15) is 0 Å². The zero-order valence-corrected chi connectivity index (χ0v) is 13.5. The fourth-order valence-corrected chi connectivity index (χ4v) is 2.89. The lowest BCUT2D eigenvalue weighted by Gasteiger charge is -2.28. The largest absolute Gasteiger partial charge is 0.338 e. The summed E-state index contributed by atoms with van der Waals surface area (Å²) >= 11 is 0. The lowest BCUT2D eigenvalue weighted by molar-refractivity contribution is -0.141. The van der Waals surface area contributed by atoms with Crippen LogP contribution in [0.2, 0.25) is 0 Å². The van der Waals surface area contributed by atoms with Gasteiger partial charge >= 0.3 is 5.97 Å². The van der Waals surface area contributed by atoms with Crippen molar-refractivity contribution in [3.8, 4) is 0 Å². The van der Waals surface area contributed by atoms with Gasteiger partial charge in [0.15, 0.2) is 0 Å². The number of hydrogen-bond donors (Lipinski definition) is 1. The molecule has 2 aliphatic rings. The van der Waals surface area contributed by atoms with E-state index in [-0.39, 0.29) is 11.8 Å². The Hall–Kier alpha value is -2.70. The van der Waals surface area contributed by atoms with Crippen LogP contribution in [0.3, 0.4) is 0 Å². The molecule has 1 aromatic carbocycles. The fraction of sp³-hybridized carbons (Fsp3) is 0.412. The van der Waals surface area contributed by atoms with E-state index in [0.717, 1.165) is 17.0 Å². The second kappa shape index (κ2) is 6.82. The smallest absolute Gasteiger partial charge is 0.331 e. The van der Waals surface area contributed by atoms with E-state index in [4.69, 9.17) is 0 Å². The van der Waals surface area contributed by atoms with Crippen molar-refractivity contribution < 1.29 is 19.2 Å². The number of carbonyl (C=O) groups excluding carboxylic acids is 3. The molecule has 1 aromatic rings. The first-order valence-electron chi connectivity index (χ1n) is 7.98. The van der Waals surface area contributed by atoms with Crippen LogP contribution in [-0.4, -0.2) is 41.5 Å². The summed E-state index contributed by atoms with van der Waals surface area (Å²) in [5, 5.41) is 6.62. The second-order valence-electron chi connectivity index (χ2n) is 5.95. The number of amides is 2. The van der Waals surface area contributed by atoms with Crippen molar-refractivity contribution in [3.63, 3.8) is 0 Å². The Morgan fingerprint density at radius 3 is 2.62 bits per heavy atom. The molecule has 2 amide bonds. The van der Waals surface area contributed by atoms with Crippen LogP contribution in [0, 0.1) is 0 Å². The minimum absolute atomic E-state index is 0.0113. The number of nitrogens with one attached hydrogen (secondary N) is 1. The van der Waals surface area contributed by atoms with Gasteiger partial charge in [-0.1, -0.05) is 5.16 Å². The third-order valence-electron chi connectivity index (χ3n) is 4.18. The number of anilines is 1. The molecule has 0 aromatic heterocycles. The first-order valence-corrected chi connectivity index (χ1v) is 7.98. The number of fused-ring (bicyclic) bond motifs is 1. The molecule has 1 fully saturated rings. The van der Waals surface area contributed by atoms with Gasteiger partial charge in [-0.15, -0.1) is 0 Å². The van der Waals surface area contributed by atoms with E-state index in [2.05, 4.69) is 15.3 Å². The molecule has 0 saturated carbocycles. The van der Waals surface area contributed by atoms with Crippen LogP contribution in [0.1, 0.15) is 42.1 Å². The highest BCUT2D eigenvalue weighted by molar-refractivity contribution is 5.98. The van der Waals surface area contributed by atoms with Gasteiger partial charge in [0, 0.05) is 50.5 Å². The van der Waals surface area contributed by atoms with E-state index < -0.39 is 5.97 Å². The summed E-state index contributed by atoms with van der Waals surface area (Å²) in [5.74, 6) is -0.458. The normalized spacial score (nSPS) is 17.0. The van der Waals surface area contributed by atoms with Gasteiger partial charge in [-0.05, 0) is 30.2 Å². The number of piperidine rings is 1. The van der Waals surface area contributed by atoms with Crippen molar-refractivity contribution in [1.29, 1.82) is 0 Å². The second-order valence-corrected chi connectivity index (χ2v) is 5.95. The van der Waals surface area contributed by atoms with Gasteiger partial charge in [0.25, 0.3) is 5.91 Å². The highest BCUT2D eigenvalue weighted by Crippen LogP contribution is 2.24. The van der Waals surface area contributed by atoms with Crippen LogP contribution in [0.25, 0.3) is 0 Å². The molecule has 2 heterocycles. The van der Waals surface area contributed by atoms with Crippen molar-refractivity contribution in [2.45, 2.75) is 32.6 Å². The number of benzene rings is 1. The van der Waals surface area contributed by atoms with E-state index in [0.29, 0.717) is 44.3 Å². The molecule has 7 heteroatoms. The number of carbonyl (C=O) groups is 3. The third-order valence-corrected chi connectivity index (χ3v) is 4.18. The Morgan fingerprint density at radius 2 is 1.92 bits per heavy atom. The first-order chi connectivity index (χ1) is 11.5. The van der Waals surface area contributed by atoms with Gasteiger partial charge in [-0.3, -0.25) is 9.59 Å². The van der Waals surface area contributed by atoms with Crippen LogP contribution >= 0.6 is 0 Å². The minimum atomic E-state index is -0.442. The summed E-state index contributed by atoms with van der Waals surface area (Å²) in [6, 6.07) is 5.39. The maximum Gasteiger partial charge on any atom is 0.331 e. The number of likely N-dealkylation sites (tertiary alicyclic amines) is 1. The third kappa shape index (κ3) is 3.61. The lowest BCUT2D eigenvalue weighted by Crippen LogP contribution is -2.38. The van der Waals surface area contributed by atoms with Gasteiger partial charge in [-0.2, -0.15) is 0 Å². The maximum absolute atomic E-state index is 12.6. The molecule has 2 aliphatic heterocycles. The Balaban J connectivity index is 1.64. The molecule has 7 nitrogen and oxygen atoms in total. The quantitative estimate of drug-likeness (QED) is 0.661. The molecule has 0 spiro atoms. The molecule has 1 N–H and O–H groups in total. The van der Waals surface area contributed by atoms with Gasteiger partial charge in [0.05, 0.1) is 5.71 Å². The molecular weight excluding hydrogens is 310 g/mol. The van der Waals surface area contributed by atoms with Crippen molar-refractivity contribution in [2.24, 2.45) is 5.16 Å². The zero-order valence-electron chi connectivity index (χ0n) is 13.5. The number of aryl methyl sites for hydroxylation is 1. The van der Waals surface area contributed by atoms with E-state index >= 15 is 0 Å². The van der Waals surface area contributed by atoms with E-state index in [1.54, 1.807) is 17.0 Å². The van der Waals surface area contributed by atoms with Crippen molar-refractivity contribution in [1.82, 2.24) is 4.90 Å². The lowest BCUT2D eigenvalue weighted by atomic mass is 9.99. The van der Waals surface area contributed by atoms with Gasteiger partial charge in [-0.25, -0.2) is 4.79 Å². The zero-order chi connectivity index (χ0) is 17.1. The monoisotopic (exact) mass is 329 g/mol. The minimum Gasteiger partial charge on any atom is -0.338 e. The molecule has 24 heavy (non-hydrogen) atoms. The van der Waals surface area contributed by atoms with Crippen LogP contribution in [-0.2, 0) is 20.8 Å². The van der Waals surface area contributed by atoms with Crippen LogP contribution in [0.4, 0.5) is 5.69 Å². The van der Waals surface area contributed by atoms with Gasteiger partial charge < -0.3 is 15.1 Å². The van der Waals surface area contributed by atoms with E-state index in [1.165, 1.54) is 6.92 Å². The molecule has 0 atom stereocenters. The number of oxime groups is 1. The summed E-state index contributed by atoms with van der Waals surface area (Å²) in [4.78, 5) is 41.2. The standard InChI is InChI=1S/C17H19N3O4/c1-11(21)24-19-14-6-8-20(9-7-14)17(23)13-2-4-15-12(10-13)3-5-16(22)18-15/h2,4,10H,3,5-9H2,1H3,(H,18,22). The summed E-state index contributed by atoms with van der Waals surface area (Å²) in [6.45, 7) is 2.40. The predicted molar refractivity (Wildman–Crippen MR) is 87.7 cm³/mol. The van der Waals surface area contributed by atoms with E-state index in [9.17, 15) is 14.4 Å². The van der Waals surface area contributed by atoms with Crippen LogP contribution in [0.15, 0.2) is 23.4 Å². The summed E-state index contributed by atoms with van der Waals surface area (Å²) in [7, 11) is 0. The highest BCUT2D eigenvalue weighted by atomic mass is 16.7. The van der Waals surface area contributed by atoms with Crippen LogP contribution < -0.4 is 5.32 Å². The summed E-state index contributed by atoms with van der Waals surface area (Å²) in [6.07, 6.45) is 2.30. The number of rotatable bonds is 2. The highest BCUT2D eigenvalue weighted by Gasteiger charge is 2.23. The Labute approximate surface area is 139 Å². The summed E-state index contributed by atoms with van der Waals surface area (Å²) < 4.78 is 0. The molecule has 0 bridgehead atoms. The number of hydrogen-bond acceptors (Lipinski definition) is 5.